The third-order valence-corrected chi connectivity index (χ3v) is 6.92. The predicted molar refractivity (Wildman–Crippen MR) is 136 cm³/mol. The minimum Gasteiger partial charge on any atom is -0.325 e. The number of nitrogens with zero attached hydrogens (tertiary/aromatic N) is 4. The van der Waals surface area contributed by atoms with Crippen molar-refractivity contribution in [2.24, 2.45) is 0 Å². The summed E-state index contributed by atoms with van der Waals surface area (Å²) < 4.78 is 1.61. The molecule has 0 unspecified atom stereocenters. The maximum Gasteiger partial charge on any atom is 0.282 e. The standard InChI is InChI=1S/C26H27N5O2S/c1-3-18-10-12-20(13-11-18)29-24(32)21(4-2)34-26-30-23-22(27-15-16-28-23)25(33)31(26)17-14-19-8-6-5-7-9-19/h5-13,15-16,21H,3-4,14,17H2,1-2H3,(H,29,32)/t21-/m1/s1. The molecule has 8 heteroatoms. The van der Waals surface area contributed by atoms with Crippen molar-refractivity contribution >= 4 is 34.5 Å². The number of nitrogens with one attached hydrogen (secondary N) is 1. The number of benzene rings is 2. The second-order valence-corrected chi connectivity index (χ2v) is 9.04. The minimum absolute atomic E-state index is 0.125. The molecule has 0 fully saturated rings. The van der Waals surface area contributed by atoms with Gasteiger partial charge in [0, 0.05) is 24.6 Å². The topological polar surface area (TPSA) is 89.8 Å². The van der Waals surface area contributed by atoms with Crippen LogP contribution < -0.4 is 10.9 Å². The second kappa shape index (κ2) is 11.1. The van der Waals surface area contributed by atoms with Gasteiger partial charge in [-0.2, -0.15) is 0 Å². The van der Waals surface area contributed by atoms with Crippen LogP contribution in [0.2, 0.25) is 0 Å². The van der Waals surface area contributed by atoms with Gasteiger partial charge in [0.2, 0.25) is 5.91 Å². The summed E-state index contributed by atoms with van der Waals surface area (Å²) in [4.78, 5) is 39.4. The normalized spacial score (nSPS) is 11.9. The Balaban J connectivity index is 1.61. The van der Waals surface area contributed by atoms with Gasteiger partial charge < -0.3 is 5.32 Å². The van der Waals surface area contributed by atoms with E-state index in [0.717, 1.165) is 17.7 Å². The largest absolute Gasteiger partial charge is 0.325 e. The Hall–Kier alpha value is -3.52. The zero-order valence-corrected chi connectivity index (χ0v) is 20.1. The van der Waals surface area contributed by atoms with E-state index in [2.05, 4.69) is 27.2 Å². The Labute approximate surface area is 202 Å². The summed E-state index contributed by atoms with van der Waals surface area (Å²) in [6.07, 6.45) is 5.19. The SMILES string of the molecule is CCc1ccc(NC(=O)[C@@H](CC)Sc2nc3nccnc3c(=O)n2CCc2ccccc2)cc1. The highest BCUT2D eigenvalue weighted by molar-refractivity contribution is 8.00. The Morgan fingerprint density at radius 1 is 1.00 bits per heavy atom. The summed E-state index contributed by atoms with van der Waals surface area (Å²) in [5, 5.41) is 3.04. The predicted octanol–water partition coefficient (Wildman–Crippen LogP) is 4.50. The van der Waals surface area contributed by atoms with E-state index in [9.17, 15) is 9.59 Å². The smallest absolute Gasteiger partial charge is 0.282 e. The first kappa shape index (κ1) is 23.6. The van der Waals surface area contributed by atoms with Gasteiger partial charge in [0.25, 0.3) is 5.56 Å². The van der Waals surface area contributed by atoms with Crippen LogP contribution in [0.4, 0.5) is 5.69 Å². The Bertz CT molecular complexity index is 1320. The van der Waals surface area contributed by atoms with Gasteiger partial charge in [-0.25, -0.2) is 15.0 Å². The first-order valence-corrected chi connectivity index (χ1v) is 12.3. The zero-order valence-electron chi connectivity index (χ0n) is 19.3. The van der Waals surface area contributed by atoms with Crippen LogP contribution in [-0.4, -0.2) is 30.7 Å². The quantitative estimate of drug-likeness (QED) is 0.284. The average Bonchev–Trinajstić information content (AvgIpc) is 2.88. The highest BCUT2D eigenvalue weighted by Gasteiger charge is 2.22. The monoisotopic (exact) mass is 473 g/mol. The van der Waals surface area contributed by atoms with Crippen molar-refractivity contribution in [3.05, 3.63) is 88.5 Å². The number of aromatic nitrogens is 4. The number of hydrogen-bond donors (Lipinski definition) is 1. The van der Waals surface area contributed by atoms with Gasteiger partial charge in [0.15, 0.2) is 16.3 Å². The molecular weight excluding hydrogens is 446 g/mol. The van der Waals surface area contributed by atoms with E-state index in [1.807, 2.05) is 61.5 Å². The van der Waals surface area contributed by atoms with Gasteiger partial charge in [-0.1, -0.05) is 68.1 Å². The third-order valence-electron chi connectivity index (χ3n) is 5.57. The Morgan fingerprint density at radius 3 is 2.44 bits per heavy atom. The number of rotatable bonds is 9. The molecule has 2 heterocycles. The number of hydrogen-bond acceptors (Lipinski definition) is 6. The van der Waals surface area contributed by atoms with Gasteiger partial charge in [-0.05, 0) is 42.5 Å². The van der Waals surface area contributed by atoms with Crippen LogP contribution >= 0.6 is 11.8 Å². The van der Waals surface area contributed by atoms with Crippen LogP contribution in [0.3, 0.4) is 0 Å². The van der Waals surface area contributed by atoms with E-state index in [1.165, 1.54) is 29.7 Å². The lowest BCUT2D eigenvalue weighted by molar-refractivity contribution is -0.115. The molecule has 0 aliphatic carbocycles. The molecule has 0 saturated heterocycles. The number of carbonyl (C=O) groups excluding carboxylic acids is 1. The van der Waals surface area contributed by atoms with E-state index in [0.29, 0.717) is 24.5 Å². The van der Waals surface area contributed by atoms with E-state index >= 15 is 0 Å². The molecule has 4 aromatic rings. The number of fused-ring (bicyclic) bond motifs is 1. The number of carbonyl (C=O) groups is 1. The number of thioether (sulfide) groups is 1. The summed E-state index contributed by atoms with van der Waals surface area (Å²) >= 11 is 1.29. The molecule has 7 nitrogen and oxygen atoms in total. The summed E-state index contributed by atoms with van der Waals surface area (Å²) in [6.45, 7) is 4.47. The summed E-state index contributed by atoms with van der Waals surface area (Å²) in [5.74, 6) is -0.125. The molecule has 1 amide bonds. The molecular formula is C26H27N5O2S. The molecule has 2 aromatic carbocycles. The fourth-order valence-corrected chi connectivity index (χ4v) is 4.63. The molecule has 2 aromatic heterocycles. The second-order valence-electron chi connectivity index (χ2n) is 7.87. The maximum atomic E-state index is 13.3. The molecule has 0 saturated carbocycles. The van der Waals surface area contributed by atoms with Crippen molar-refractivity contribution in [1.29, 1.82) is 0 Å². The molecule has 0 aliphatic heterocycles. The molecule has 0 aliphatic rings. The van der Waals surface area contributed by atoms with E-state index in [1.54, 1.807) is 4.57 Å². The van der Waals surface area contributed by atoms with Gasteiger partial charge in [0.05, 0.1) is 5.25 Å². The molecule has 34 heavy (non-hydrogen) atoms. The molecule has 0 radical (unpaired) electrons. The lowest BCUT2D eigenvalue weighted by Gasteiger charge is -2.18. The first-order chi connectivity index (χ1) is 16.6. The summed E-state index contributed by atoms with van der Waals surface area (Å²) in [7, 11) is 0. The van der Waals surface area contributed by atoms with Crippen molar-refractivity contribution in [1.82, 2.24) is 19.5 Å². The Morgan fingerprint density at radius 2 is 1.74 bits per heavy atom. The third kappa shape index (κ3) is 5.51. The van der Waals surface area contributed by atoms with Crippen LogP contribution in [0.15, 0.2) is 76.9 Å². The van der Waals surface area contributed by atoms with Gasteiger partial charge in [-0.3, -0.25) is 14.2 Å². The molecule has 4 rings (SSSR count). The fraction of sp³-hybridized carbons (Fsp3) is 0.269. The first-order valence-electron chi connectivity index (χ1n) is 11.4. The molecule has 174 valence electrons. The number of amides is 1. The van der Waals surface area contributed by atoms with Crippen LogP contribution in [0.25, 0.3) is 11.2 Å². The molecule has 1 atom stereocenters. The zero-order chi connectivity index (χ0) is 23.9. The fourth-order valence-electron chi connectivity index (χ4n) is 3.60. The van der Waals surface area contributed by atoms with E-state index < -0.39 is 5.25 Å². The highest BCUT2D eigenvalue weighted by Crippen LogP contribution is 2.26. The number of aryl methyl sites for hydroxylation is 2. The van der Waals surface area contributed by atoms with Gasteiger partial charge in [0.1, 0.15) is 0 Å². The van der Waals surface area contributed by atoms with Gasteiger partial charge >= 0.3 is 0 Å². The summed E-state index contributed by atoms with van der Waals surface area (Å²) in [6, 6.07) is 17.8. The molecule has 0 bridgehead atoms. The summed E-state index contributed by atoms with van der Waals surface area (Å²) in [5.41, 5.74) is 3.35. The van der Waals surface area contributed by atoms with Crippen LogP contribution in [0.1, 0.15) is 31.4 Å². The van der Waals surface area contributed by atoms with Crippen molar-refractivity contribution in [2.75, 3.05) is 5.32 Å². The molecule has 0 spiro atoms. The number of anilines is 1. The van der Waals surface area contributed by atoms with Crippen molar-refractivity contribution in [3.63, 3.8) is 0 Å². The maximum absolute atomic E-state index is 13.3. The average molecular weight is 474 g/mol. The van der Waals surface area contributed by atoms with Gasteiger partial charge in [-0.15, -0.1) is 0 Å². The van der Waals surface area contributed by atoms with E-state index in [4.69, 9.17) is 0 Å². The molecule has 1 N–H and O–H groups in total. The Kier molecular flexibility index (Phi) is 7.69. The lowest BCUT2D eigenvalue weighted by atomic mass is 10.1. The minimum atomic E-state index is -0.421. The lowest BCUT2D eigenvalue weighted by Crippen LogP contribution is -2.29. The van der Waals surface area contributed by atoms with Crippen LogP contribution in [0, 0.1) is 0 Å². The van der Waals surface area contributed by atoms with Crippen molar-refractivity contribution < 1.29 is 4.79 Å². The van der Waals surface area contributed by atoms with Crippen LogP contribution in [-0.2, 0) is 24.2 Å². The highest BCUT2D eigenvalue weighted by atomic mass is 32.2. The van der Waals surface area contributed by atoms with Crippen molar-refractivity contribution in [2.45, 2.75) is 50.1 Å². The van der Waals surface area contributed by atoms with E-state index in [-0.39, 0.29) is 22.6 Å². The van der Waals surface area contributed by atoms with Crippen molar-refractivity contribution in [3.8, 4) is 0 Å². The van der Waals surface area contributed by atoms with Crippen LogP contribution in [0.5, 0.6) is 0 Å².